The molecule has 0 aliphatic carbocycles. The maximum Gasteiger partial charge on any atom is 0.261 e. The van der Waals surface area contributed by atoms with Crippen LogP contribution in [0.15, 0.2) is 16.0 Å². The molecule has 5 nitrogen and oxygen atoms in total. The average Bonchev–Trinajstić information content (AvgIpc) is 3.08. The Morgan fingerprint density at radius 3 is 2.96 bits per heavy atom. The van der Waals surface area contributed by atoms with Crippen LogP contribution in [0.25, 0.3) is 0 Å². The second kappa shape index (κ2) is 6.84. The van der Waals surface area contributed by atoms with Crippen molar-refractivity contribution in [2.75, 3.05) is 13.1 Å². The first kappa shape index (κ1) is 16.2. The van der Waals surface area contributed by atoms with E-state index in [2.05, 4.69) is 15.4 Å². The molecule has 0 saturated carbocycles. The van der Waals surface area contributed by atoms with Crippen LogP contribution in [-0.4, -0.2) is 35.1 Å². The van der Waals surface area contributed by atoms with E-state index < -0.39 is 0 Å². The molecule has 0 unspecified atom stereocenters. The molecule has 1 amide bonds. The summed E-state index contributed by atoms with van der Waals surface area (Å²) < 4.78 is 5.25. The maximum atomic E-state index is 12.4. The smallest absolute Gasteiger partial charge is 0.261 e. The number of thiophene rings is 1. The van der Waals surface area contributed by atoms with E-state index in [0.29, 0.717) is 0 Å². The molecule has 0 radical (unpaired) electrons. The first-order valence-corrected chi connectivity index (χ1v) is 8.91. The molecule has 0 aromatic carbocycles. The number of aryl methyl sites for hydroxylation is 3. The first-order valence-electron chi connectivity index (χ1n) is 8.03. The number of carbonyl (C=O) groups excluding carboxylic acids is 1. The standard InChI is InChI=1S/C17H23N3O2S/c1-11-6-8-23-16(11)17(21)18-14-5-4-7-20(9-14)10-15-12(2)19-22-13(15)3/h6,8,14H,4-5,7,9-10H2,1-3H3,(H,18,21)/t14-/m0/s1. The van der Waals surface area contributed by atoms with Gasteiger partial charge in [0.2, 0.25) is 0 Å². The summed E-state index contributed by atoms with van der Waals surface area (Å²) in [5.41, 5.74) is 3.19. The summed E-state index contributed by atoms with van der Waals surface area (Å²) in [6.45, 7) is 8.68. The number of hydrogen-bond donors (Lipinski definition) is 1. The number of carbonyl (C=O) groups is 1. The topological polar surface area (TPSA) is 58.4 Å². The van der Waals surface area contributed by atoms with Crippen LogP contribution in [0, 0.1) is 20.8 Å². The van der Waals surface area contributed by atoms with Gasteiger partial charge in [0, 0.05) is 24.7 Å². The fraction of sp³-hybridized carbons (Fsp3) is 0.529. The molecule has 1 N–H and O–H groups in total. The van der Waals surface area contributed by atoms with Crippen LogP contribution in [-0.2, 0) is 6.54 Å². The highest BCUT2D eigenvalue weighted by atomic mass is 32.1. The molecular formula is C17H23N3O2S. The molecule has 2 aromatic rings. The minimum atomic E-state index is 0.0571. The SMILES string of the molecule is Cc1ccsc1C(=O)N[C@H]1CCCN(Cc2c(C)noc2C)C1. The average molecular weight is 333 g/mol. The molecule has 1 atom stereocenters. The minimum Gasteiger partial charge on any atom is -0.361 e. The highest BCUT2D eigenvalue weighted by molar-refractivity contribution is 7.12. The Kier molecular flexibility index (Phi) is 4.82. The van der Waals surface area contributed by atoms with Crippen LogP contribution in [0.3, 0.4) is 0 Å². The lowest BCUT2D eigenvalue weighted by molar-refractivity contribution is 0.0904. The second-order valence-corrected chi connectivity index (χ2v) is 7.20. The summed E-state index contributed by atoms with van der Waals surface area (Å²) >= 11 is 1.51. The van der Waals surface area contributed by atoms with Gasteiger partial charge < -0.3 is 9.84 Å². The molecule has 3 rings (SSSR count). The van der Waals surface area contributed by atoms with Crippen LogP contribution >= 0.6 is 11.3 Å². The van der Waals surface area contributed by atoms with Crippen molar-refractivity contribution < 1.29 is 9.32 Å². The molecule has 6 heteroatoms. The van der Waals surface area contributed by atoms with Gasteiger partial charge in [0.1, 0.15) is 5.76 Å². The highest BCUT2D eigenvalue weighted by Crippen LogP contribution is 2.20. The number of nitrogens with zero attached hydrogens (tertiary/aromatic N) is 2. The lowest BCUT2D eigenvalue weighted by atomic mass is 10.0. The lowest BCUT2D eigenvalue weighted by Crippen LogP contribution is -2.47. The summed E-state index contributed by atoms with van der Waals surface area (Å²) in [7, 11) is 0. The van der Waals surface area contributed by atoms with Crippen molar-refractivity contribution in [1.29, 1.82) is 0 Å². The van der Waals surface area contributed by atoms with E-state index in [1.54, 1.807) is 0 Å². The molecule has 0 bridgehead atoms. The summed E-state index contributed by atoms with van der Waals surface area (Å²) in [4.78, 5) is 15.6. The van der Waals surface area contributed by atoms with Crippen molar-refractivity contribution in [3.63, 3.8) is 0 Å². The number of likely N-dealkylation sites (tertiary alicyclic amines) is 1. The van der Waals surface area contributed by atoms with Gasteiger partial charge in [-0.3, -0.25) is 9.69 Å². The van der Waals surface area contributed by atoms with E-state index in [0.717, 1.165) is 54.4 Å². The number of piperidine rings is 1. The predicted molar refractivity (Wildman–Crippen MR) is 90.8 cm³/mol. The van der Waals surface area contributed by atoms with Gasteiger partial charge in [-0.25, -0.2) is 0 Å². The van der Waals surface area contributed by atoms with Crippen LogP contribution in [0.5, 0.6) is 0 Å². The van der Waals surface area contributed by atoms with Crippen molar-refractivity contribution in [2.24, 2.45) is 0 Å². The summed E-state index contributed by atoms with van der Waals surface area (Å²) in [5, 5.41) is 9.18. The molecule has 0 spiro atoms. The van der Waals surface area contributed by atoms with Gasteiger partial charge in [0.25, 0.3) is 5.91 Å². The summed E-state index contributed by atoms with van der Waals surface area (Å²) in [5.74, 6) is 0.949. The summed E-state index contributed by atoms with van der Waals surface area (Å²) in [6, 6.07) is 2.20. The Morgan fingerprint density at radius 1 is 1.48 bits per heavy atom. The Bertz CT molecular complexity index is 672. The van der Waals surface area contributed by atoms with Crippen LogP contribution in [0.1, 0.15) is 45.1 Å². The van der Waals surface area contributed by atoms with E-state index in [-0.39, 0.29) is 11.9 Å². The zero-order chi connectivity index (χ0) is 16.4. The third-order valence-corrected chi connectivity index (χ3v) is 5.49. The highest BCUT2D eigenvalue weighted by Gasteiger charge is 2.24. The van der Waals surface area contributed by atoms with E-state index in [1.165, 1.54) is 16.9 Å². The first-order chi connectivity index (χ1) is 11.0. The van der Waals surface area contributed by atoms with E-state index in [1.807, 2.05) is 32.2 Å². The predicted octanol–water partition coefficient (Wildman–Crippen LogP) is 3.06. The maximum absolute atomic E-state index is 12.4. The van der Waals surface area contributed by atoms with Gasteiger partial charge >= 0.3 is 0 Å². The van der Waals surface area contributed by atoms with Crippen molar-refractivity contribution in [3.8, 4) is 0 Å². The van der Waals surface area contributed by atoms with E-state index in [9.17, 15) is 4.79 Å². The largest absolute Gasteiger partial charge is 0.361 e. The van der Waals surface area contributed by atoms with Gasteiger partial charge in [-0.1, -0.05) is 5.16 Å². The molecular weight excluding hydrogens is 310 g/mol. The van der Waals surface area contributed by atoms with Crippen molar-refractivity contribution >= 4 is 17.2 Å². The number of amides is 1. The number of nitrogens with one attached hydrogen (secondary N) is 1. The molecule has 3 heterocycles. The fourth-order valence-electron chi connectivity index (χ4n) is 3.12. The number of rotatable bonds is 4. The third-order valence-electron chi connectivity index (χ3n) is 4.47. The molecule has 1 aliphatic rings. The normalized spacial score (nSPS) is 19.0. The molecule has 2 aromatic heterocycles. The molecule has 1 aliphatic heterocycles. The molecule has 1 saturated heterocycles. The Balaban J connectivity index is 1.60. The van der Waals surface area contributed by atoms with Crippen molar-refractivity contribution in [2.45, 2.75) is 46.2 Å². The molecule has 1 fully saturated rings. The number of aromatic nitrogens is 1. The van der Waals surface area contributed by atoms with Gasteiger partial charge in [-0.15, -0.1) is 11.3 Å². The molecule has 23 heavy (non-hydrogen) atoms. The zero-order valence-electron chi connectivity index (χ0n) is 13.9. The zero-order valence-corrected chi connectivity index (χ0v) is 14.7. The van der Waals surface area contributed by atoms with Gasteiger partial charge in [-0.2, -0.15) is 0 Å². The van der Waals surface area contributed by atoms with Crippen molar-refractivity contribution in [3.05, 3.63) is 38.9 Å². The van der Waals surface area contributed by atoms with E-state index >= 15 is 0 Å². The Morgan fingerprint density at radius 2 is 2.30 bits per heavy atom. The van der Waals surface area contributed by atoms with Gasteiger partial charge in [-0.05, 0) is 57.2 Å². The Labute approximate surface area is 140 Å². The monoisotopic (exact) mass is 333 g/mol. The number of hydrogen-bond acceptors (Lipinski definition) is 5. The quantitative estimate of drug-likeness (QED) is 0.934. The second-order valence-electron chi connectivity index (χ2n) is 6.28. The van der Waals surface area contributed by atoms with Crippen molar-refractivity contribution in [1.82, 2.24) is 15.4 Å². The Hall–Kier alpha value is -1.66. The fourth-order valence-corrected chi connectivity index (χ4v) is 3.95. The minimum absolute atomic E-state index is 0.0571. The van der Waals surface area contributed by atoms with Gasteiger partial charge in [0.15, 0.2) is 0 Å². The van der Waals surface area contributed by atoms with E-state index in [4.69, 9.17) is 4.52 Å². The van der Waals surface area contributed by atoms with Crippen LogP contribution in [0.2, 0.25) is 0 Å². The summed E-state index contributed by atoms with van der Waals surface area (Å²) in [6.07, 6.45) is 2.13. The third kappa shape index (κ3) is 3.64. The van der Waals surface area contributed by atoms with Crippen LogP contribution < -0.4 is 5.32 Å². The lowest BCUT2D eigenvalue weighted by Gasteiger charge is -2.33. The van der Waals surface area contributed by atoms with Crippen LogP contribution in [0.4, 0.5) is 0 Å². The molecule has 124 valence electrons. The van der Waals surface area contributed by atoms with Gasteiger partial charge in [0.05, 0.1) is 10.6 Å².